The maximum absolute atomic E-state index is 13.4. The Kier molecular flexibility index (Phi) is 8.34. The molecule has 3 N–H and O–H groups in total. The highest BCUT2D eigenvalue weighted by Gasteiger charge is 2.21. The van der Waals surface area contributed by atoms with Crippen molar-refractivity contribution in [2.24, 2.45) is 0 Å². The molecule has 27 heavy (non-hydrogen) atoms. The highest BCUT2D eigenvalue weighted by atomic mass is 79.9. The molecule has 0 bridgehead atoms. The molecule has 0 radical (unpaired) electrons. The van der Waals surface area contributed by atoms with Gasteiger partial charge in [0.1, 0.15) is 11.6 Å². The number of aliphatic hydroxyl groups is 1. The summed E-state index contributed by atoms with van der Waals surface area (Å²) in [5, 5.41) is 16.4. The summed E-state index contributed by atoms with van der Waals surface area (Å²) in [6.07, 6.45) is -0.536. The normalized spacial score (nSPS) is 13.2. The Morgan fingerprint density at radius 3 is 2.48 bits per heavy atom. The molecule has 0 fully saturated rings. The molecule has 0 spiro atoms. The van der Waals surface area contributed by atoms with Crippen molar-refractivity contribution in [2.45, 2.75) is 38.5 Å². The molecule has 0 saturated heterocycles. The second-order valence-electron chi connectivity index (χ2n) is 6.34. The Labute approximate surface area is 166 Å². The SMILES string of the molecule is CCC(=O)N[C@@H](Cc1cc(F)cc(F)c1)[C@H](O)CNCc1cccc(Br)c1. The number of halogens is 3. The summed E-state index contributed by atoms with van der Waals surface area (Å²) >= 11 is 3.40. The zero-order valence-electron chi connectivity index (χ0n) is 15.0. The van der Waals surface area contributed by atoms with E-state index in [2.05, 4.69) is 26.6 Å². The highest BCUT2D eigenvalue weighted by Crippen LogP contribution is 2.13. The van der Waals surface area contributed by atoms with Crippen LogP contribution in [-0.4, -0.2) is 29.7 Å². The van der Waals surface area contributed by atoms with Gasteiger partial charge in [-0.25, -0.2) is 8.78 Å². The van der Waals surface area contributed by atoms with Gasteiger partial charge < -0.3 is 15.7 Å². The molecule has 0 unspecified atom stereocenters. The number of aliphatic hydroxyl groups excluding tert-OH is 1. The second-order valence-corrected chi connectivity index (χ2v) is 7.25. The van der Waals surface area contributed by atoms with Crippen LogP contribution in [-0.2, 0) is 17.8 Å². The molecule has 0 heterocycles. The van der Waals surface area contributed by atoms with Gasteiger partial charge in [0.15, 0.2) is 0 Å². The molecule has 2 atom stereocenters. The maximum atomic E-state index is 13.4. The van der Waals surface area contributed by atoms with Crippen molar-refractivity contribution in [1.82, 2.24) is 10.6 Å². The van der Waals surface area contributed by atoms with Crippen molar-refractivity contribution >= 4 is 21.8 Å². The number of hydrogen-bond acceptors (Lipinski definition) is 3. The van der Waals surface area contributed by atoms with E-state index in [1.807, 2.05) is 24.3 Å². The molecular weight excluding hydrogens is 418 g/mol. The molecule has 4 nitrogen and oxygen atoms in total. The number of hydrogen-bond donors (Lipinski definition) is 3. The molecule has 0 aromatic heterocycles. The van der Waals surface area contributed by atoms with Crippen molar-refractivity contribution in [3.8, 4) is 0 Å². The van der Waals surface area contributed by atoms with Crippen LogP contribution in [0.1, 0.15) is 24.5 Å². The Morgan fingerprint density at radius 2 is 1.85 bits per heavy atom. The van der Waals surface area contributed by atoms with Crippen molar-refractivity contribution in [3.05, 3.63) is 69.7 Å². The lowest BCUT2D eigenvalue weighted by atomic mass is 10.0. The van der Waals surface area contributed by atoms with E-state index in [-0.39, 0.29) is 25.3 Å². The molecule has 0 aliphatic heterocycles. The minimum Gasteiger partial charge on any atom is -0.390 e. The van der Waals surface area contributed by atoms with Crippen LogP contribution in [0.3, 0.4) is 0 Å². The first-order chi connectivity index (χ1) is 12.9. The van der Waals surface area contributed by atoms with E-state index in [1.165, 1.54) is 12.1 Å². The summed E-state index contributed by atoms with van der Waals surface area (Å²) in [6.45, 7) is 2.46. The number of rotatable bonds is 9. The quantitative estimate of drug-likeness (QED) is 0.560. The lowest BCUT2D eigenvalue weighted by Crippen LogP contribution is -2.48. The minimum atomic E-state index is -0.918. The summed E-state index contributed by atoms with van der Waals surface area (Å²) in [6, 6.07) is 10.3. The van der Waals surface area contributed by atoms with Crippen LogP contribution in [0.4, 0.5) is 8.78 Å². The van der Waals surface area contributed by atoms with Gasteiger partial charge in [-0.05, 0) is 41.8 Å². The predicted octanol–water partition coefficient (Wildman–Crippen LogP) is 3.32. The van der Waals surface area contributed by atoms with Crippen molar-refractivity contribution in [2.75, 3.05) is 6.54 Å². The smallest absolute Gasteiger partial charge is 0.220 e. The van der Waals surface area contributed by atoms with Gasteiger partial charge >= 0.3 is 0 Å². The Morgan fingerprint density at radius 1 is 1.15 bits per heavy atom. The van der Waals surface area contributed by atoms with E-state index >= 15 is 0 Å². The van der Waals surface area contributed by atoms with Gasteiger partial charge in [0.25, 0.3) is 0 Å². The van der Waals surface area contributed by atoms with Gasteiger partial charge in [0.2, 0.25) is 5.91 Å². The first-order valence-corrected chi connectivity index (χ1v) is 9.54. The largest absolute Gasteiger partial charge is 0.390 e. The first kappa shape index (κ1) is 21.5. The van der Waals surface area contributed by atoms with Crippen LogP contribution in [0.25, 0.3) is 0 Å². The molecule has 146 valence electrons. The highest BCUT2D eigenvalue weighted by molar-refractivity contribution is 9.10. The molecule has 2 aromatic rings. The van der Waals surface area contributed by atoms with Crippen LogP contribution in [0.15, 0.2) is 46.9 Å². The van der Waals surface area contributed by atoms with E-state index in [0.29, 0.717) is 12.1 Å². The average Bonchev–Trinajstić information content (AvgIpc) is 2.60. The van der Waals surface area contributed by atoms with Gasteiger partial charge in [-0.1, -0.05) is 35.0 Å². The zero-order valence-corrected chi connectivity index (χ0v) is 16.6. The molecule has 0 aliphatic carbocycles. The minimum absolute atomic E-state index is 0.125. The number of nitrogens with one attached hydrogen (secondary N) is 2. The van der Waals surface area contributed by atoms with Crippen LogP contribution in [0.5, 0.6) is 0 Å². The topological polar surface area (TPSA) is 61.4 Å². The van der Waals surface area contributed by atoms with Crippen LogP contribution >= 0.6 is 15.9 Å². The van der Waals surface area contributed by atoms with Crippen LogP contribution in [0, 0.1) is 11.6 Å². The number of carbonyl (C=O) groups excluding carboxylic acids is 1. The van der Waals surface area contributed by atoms with E-state index < -0.39 is 23.8 Å². The van der Waals surface area contributed by atoms with Crippen molar-refractivity contribution < 1.29 is 18.7 Å². The maximum Gasteiger partial charge on any atom is 0.220 e. The van der Waals surface area contributed by atoms with Gasteiger partial charge in [0, 0.05) is 30.0 Å². The van der Waals surface area contributed by atoms with Gasteiger partial charge in [-0.2, -0.15) is 0 Å². The number of benzene rings is 2. The standard InChI is InChI=1S/C20H23BrF2N2O2/c1-2-20(27)25-18(9-14-7-16(22)10-17(23)8-14)19(26)12-24-11-13-4-3-5-15(21)6-13/h3-8,10,18-19,24,26H,2,9,11-12H2,1H3,(H,25,27)/t18-,19+/m0/s1. The summed E-state index contributed by atoms with van der Waals surface area (Å²) in [7, 11) is 0. The summed E-state index contributed by atoms with van der Waals surface area (Å²) in [5.74, 6) is -1.61. The molecule has 7 heteroatoms. The van der Waals surface area contributed by atoms with E-state index in [9.17, 15) is 18.7 Å². The van der Waals surface area contributed by atoms with Crippen molar-refractivity contribution in [1.29, 1.82) is 0 Å². The second kappa shape index (κ2) is 10.5. The predicted molar refractivity (Wildman–Crippen MR) is 104 cm³/mol. The molecule has 2 rings (SSSR count). The van der Waals surface area contributed by atoms with Gasteiger partial charge in [-0.15, -0.1) is 0 Å². The van der Waals surface area contributed by atoms with Gasteiger partial charge in [-0.3, -0.25) is 4.79 Å². The van der Waals surface area contributed by atoms with E-state index in [0.717, 1.165) is 16.1 Å². The Bertz CT molecular complexity index is 753. The van der Waals surface area contributed by atoms with E-state index in [1.54, 1.807) is 6.92 Å². The Hall–Kier alpha value is -1.83. The molecule has 1 amide bonds. The third-order valence-corrected chi connectivity index (χ3v) is 4.57. The summed E-state index contributed by atoms with van der Waals surface area (Å²) in [5.41, 5.74) is 1.41. The number of carbonyl (C=O) groups is 1. The molecule has 2 aromatic carbocycles. The molecule has 0 saturated carbocycles. The third kappa shape index (κ3) is 7.36. The molecule has 0 aliphatic rings. The lowest BCUT2D eigenvalue weighted by molar-refractivity contribution is -0.122. The fraction of sp³-hybridized carbons (Fsp3) is 0.350. The fourth-order valence-corrected chi connectivity index (χ4v) is 3.18. The summed E-state index contributed by atoms with van der Waals surface area (Å²) in [4.78, 5) is 11.8. The van der Waals surface area contributed by atoms with Crippen LogP contribution < -0.4 is 10.6 Å². The zero-order chi connectivity index (χ0) is 19.8. The lowest BCUT2D eigenvalue weighted by Gasteiger charge is -2.25. The number of amides is 1. The third-order valence-electron chi connectivity index (χ3n) is 4.08. The first-order valence-electron chi connectivity index (χ1n) is 8.75. The average molecular weight is 441 g/mol. The summed E-state index contributed by atoms with van der Waals surface area (Å²) < 4.78 is 27.8. The van der Waals surface area contributed by atoms with E-state index in [4.69, 9.17) is 0 Å². The molecular formula is C20H23BrF2N2O2. The van der Waals surface area contributed by atoms with Crippen molar-refractivity contribution in [3.63, 3.8) is 0 Å². The van der Waals surface area contributed by atoms with Gasteiger partial charge in [0.05, 0.1) is 12.1 Å². The fourth-order valence-electron chi connectivity index (χ4n) is 2.73. The Balaban J connectivity index is 1.99. The monoisotopic (exact) mass is 440 g/mol. The van der Waals surface area contributed by atoms with Crippen LogP contribution in [0.2, 0.25) is 0 Å².